The number of nitrogens with one attached hydrogen (secondary N) is 1. The van der Waals surface area contributed by atoms with Crippen LogP contribution in [0.15, 0.2) is 30.3 Å². The van der Waals surface area contributed by atoms with E-state index >= 15 is 0 Å². The quantitative estimate of drug-likeness (QED) is 0.868. The van der Waals surface area contributed by atoms with Crippen molar-refractivity contribution < 1.29 is 9.90 Å². The third-order valence-corrected chi connectivity index (χ3v) is 4.60. The van der Waals surface area contributed by atoms with E-state index in [0.29, 0.717) is 18.8 Å². The van der Waals surface area contributed by atoms with Crippen molar-refractivity contribution in [1.82, 2.24) is 19.8 Å². The highest BCUT2D eigenvalue weighted by molar-refractivity contribution is 5.94. The molecule has 3 rings (SSSR count). The van der Waals surface area contributed by atoms with Crippen LogP contribution in [0.3, 0.4) is 0 Å². The first-order chi connectivity index (χ1) is 11.9. The molecule has 1 aromatic carbocycles. The van der Waals surface area contributed by atoms with Crippen molar-refractivity contribution in [3.8, 4) is 11.4 Å². The summed E-state index contributed by atoms with van der Waals surface area (Å²) in [5.41, 5.74) is 2.10. The van der Waals surface area contributed by atoms with Crippen molar-refractivity contribution in [1.29, 1.82) is 0 Å². The second-order valence-corrected chi connectivity index (χ2v) is 7.49. The third-order valence-electron chi connectivity index (χ3n) is 4.60. The van der Waals surface area contributed by atoms with Gasteiger partial charge in [0.25, 0.3) is 5.91 Å². The van der Waals surface area contributed by atoms with Crippen LogP contribution in [0.2, 0.25) is 0 Å². The molecule has 1 aliphatic heterocycles. The van der Waals surface area contributed by atoms with Crippen LogP contribution in [0.1, 0.15) is 30.0 Å². The van der Waals surface area contributed by atoms with Crippen molar-refractivity contribution in [2.24, 2.45) is 5.41 Å². The zero-order valence-electron chi connectivity index (χ0n) is 15.1. The Hall–Kier alpha value is -2.18. The van der Waals surface area contributed by atoms with Gasteiger partial charge in [0.15, 0.2) is 5.69 Å². The van der Waals surface area contributed by atoms with Gasteiger partial charge in [0.1, 0.15) is 5.82 Å². The van der Waals surface area contributed by atoms with Crippen LogP contribution in [0.4, 0.5) is 0 Å². The van der Waals surface area contributed by atoms with E-state index in [-0.39, 0.29) is 17.9 Å². The molecule has 1 aliphatic rings. The van der Waals surface area contributed by atoms with Crippen LogP contribution in [0.5, 0.6) is 0 Å². The summed E-state index contributed by atoms with van der Waals surface area (Å²) in [5, 5.41) is 12.3. The first-order valence-electron chi connectivity index (χ1n) is 8.64. The van der Waals surface area contributed by atoms with Crippen molar-refractivity contribution in [2.75, 3.05) is 26.7 Å². The number of aliphatic hydroxyl groups is 1. The van der Waals surface area contributed by atoms with E-state index in [9.17, 15) is 9.90 Å². The second kappa shape index (κ2) is 6.98. The summed E-state index contributed by atoms with van der Waals surface area (Å²) in [6.45, 7) is 6.71. The standard InChI is InChI=1S/C19H26N4O2/c1-19(2,13-24)12-20-18(25)16-15-11-22(3)9-10-23(15)17(21-16)14-7-5-4-6-8-14/h4-8,24H,9-13H2,1-3H3,(H,20,25). The van der Waals surface area contributed by atoms with Crippen LogP contribution in [-0.2, 0) is 13.1 Å². The second-order valence-electron chi connectivity index (χ2n) is 7.49. The third kappa shape index (κ3) is 3.75. The molecule has 2 heterocycles. The van der Waals surface area contributed by atoms with E-state index in [4.69, 9.17) is 0 Å². The Labute approximate surface area is 148 Å². The van der Waals surface area contributed by atoms with Gasteiger partial charge in [0.05, 0.1) is 5.69 Å². The monoisotopic (exact) mass is 342 g/mol. The van der Waals surface area contributed by atoms with Crippen molar-refractivity contribution >= 4 is 5.91 Å². The predicted octanol–water partition coefficient (Wildman–Crippen LogP) is 1.74. The molecule has 1 aromatic heterocycles. The number of rotatable bonds is 5. The lowest BCUT2D eigenvalue weighted by Crippen LogP contribution is -2.37. The molecule has 2 aromatic rings. The first-order valence-corrected chi connectivity index (χ1v) is 8.64. The lowest BCUT2D eigenvalue weighted by Gasteiger charge is -2.26. The summed E-state index contributed by atoms with van der Waals surface area (Å²) in [5.74, 6) is 0.665. The summed E-state index contributed by atoms with van der Waals surface area (Å²) in [7, 11) is 2.05. The molecule has 0 saturated heterocycles. The average molecular weight is 342 g/mol. The maximum absolute atomic E-state index is 12.7. The Balaban J connectivity index is 1.94. The van der Waals surface area contributed by atoms with Gasteiger partial charge < -0.3 is 15.0 Å². The Morgan fingerprint density at radius 1 is 1.28 bits per heavy atom. The lowest BCUT2D eigenvalue weighted by atomic mass is 9.95. The van der Waals surface area contributed by atoms with Gasteiger partial charge in [-0.3, -0.25) is 9.69 Å². The molecule has 0 atom stereocenters. The molecule has 1 amide bonds. The summed E-state index contributed by atoms with van der Waals surface area (Å²) in [6.07, 6.45) is 0. The van der Waals surface area contributed by atoms with E-state index in [1.165, 1.54) is 0 Å². The van der Waals surface area contributed by atoms with Crippen LogP contribution in [0, 0.1) is 5.41 Å². The molecule has 134 valence electrons. The molecule has 25 heavy (non-hydrogen) atoms. The number of imidazole rings is 1. The molecular formula is C19H26N4O2. The highest BCUT2D eigenvalue weighted by Gasteiger charge is 2.27. The maximum Gasteiger partial charge on any atom is 0.271 e. The van der Waals surface area contributed by atoms with Gasteiger partial charge in [-0.25, -0.2) is 4.98 Å². The zero-order chi connectivity index (χ0) is 18.0. The number of fused-ring (bicyclic) bond motifs is 1. The van der Waals surface area contributed by atoms with E-state index in [1.807, 2.05) is 44.2 Å². The number of aliphatic hydroxyl groups excluding tert-OH is 1. The number of amides is 1. The minimum absolute atomic E-state index is 0.0204. The number of aromatic nitrogens is 2. The fourth-order valence-electron chi connectivity index (χ4n) is 2.94. The van der Waals surface area contributed by atoms with Gasteiger partial charge in [0, 0.05) is 43.8 Å². The number of hydrogen-bond acceptors (Lipinski definition) is 4. The van der Waals surface area contributed by atoms with E-state index in [1.54, 1.807) is 0 Å². The number of carbonyl (C=O) groups is 1. The maximum atomic E-state index is 12.7. The van der Waals surface area contributed by atoms with Crippen LogP contribution in [-0.4, -0.2) is 52.2 Å². The highest BCUT2D eigenvalue weighted by Crippen LogP contribution is 2.26. The van der Waals surface area contributed by atoms with Crippen molar-refractivity contribution in [3.63, 3.8) is 0 Å². The van der Waals surface area contributed by atoms with Crippen molar-refractivity contribution in [3.05, 3.63) is 41.7 Å². The summed E-state index contributed by atoms with van der Waals surface area (Å²) >= 11 is 0. The largest absolute Gasteiger partial charge is 0.396 e. The van der Waals surface area contributed by atoms with Gasteiger partial charge in [-0.05, 0) is 7.05 Å². The molecule has 0 spiro atoms. The van der Waals surface area contributed by atoms with Gasteiger partial charge >= 0.3 is 0 Å². The number of likely N-dealkylation sites (N-methyl/N-ethyl adjacent to an activating group) is 1. The zero-order valence-corrected chi connectivity index (χ0v) is 15.1. The molecule has 0 aliphatic carbocycles. The number of benzene rings is 1. The minimum Gasteiger partial charge on any atom is -0.396 e. The number of carbonyl (C=O) groups excluding carboxylic acids is 1. The van der Waals surface area contributed by atoms with Gasteiger partial charge in [-0.1, -0.05) is 44.2 Å². The fraction of sp³-hybridized carbons (Fsp3) is 0.474. The predicted molar refractivity (Wildman–Crippen MR) is 97.2 cm³/mol. The number of hydrogen-bond donors (Lipinski definition) is 2. The molecule has 6 heteroatoms. The summed E-state index contributed by atoms with van der Waals surface area (Å²) in [6, 6.07) is 9.97. The van der Waals surface area contributed by atoms with Gasteiger partial charge in [-0.2, -0.15) is 0 Å². The summed E-state index contributed by atoms with van der Waals surface area (Å²) < 4.78 is 2.15. The smallest absolute Gasteiger partial charge is 0.271 e. The Morgan fingerprint density at radius 3 is 2.68 bits per heavy atom. The van der Waals surface area contributed by atoms with Gasteiger partial charge in [-0.15, -0.1) is 0 Å². The van der Waals surface area contributed by atoms with Gasteiger partial charge in [0.2, 0.25) is 0 Å². The molecule has 6 nitrogen and oxygen atoms in total. The molecule has 0 saturated carbocycles. The normalized spacial score (nSPS) is 15.0. The van der Waals surface area contributed by atoms with Crippen LogP contribution in [0.25, 0.3) is 11.4 Å². The first kappa shape index (κ1) is 17.6. The fourth-order valence-corrected chi connectivity index (χ4v) is 2.94. The minimum atomic E-state index is -0.353. The molecule has 0 unspecified atom stereocenters. The Kier molecular flexibility index (Phi) is 4.92. The molecule has 0 radical (unpaired) electrons. The van der Waals surface area contributed by atoms with Crippen LogP contribution >= 0.6 is 0 Å². The van der Waals surface area contributed by atoms with E-state index in [0.717, 1.165) is 30.2 Å². The van der Waals surface area contributed by atoms with Crippen LogP contribution < -0.4 is 5.32 Å². The SMILES string of the molecule is CN1CCn2c(-c3ccccc3)nc(C(=O)NCC(C)(C)CO)c2C1. The topological polar surface area (TPSA) is 70.4 Å². The Morgan fingerprint density at radius 2 is 2.00 bits per heavy atom. The molecule has 0 fully saturated rings. The molecule has 0 bridgehead atoms. The molecular weight excluding hydrogens is 316 g/mol. The average Bonchev–Trinajstić information content (AvgIpc) is 2.99. The lowest BCUT2D eigenvalue weighted by molar-refractivity contribution is 0.0903. The summed E-state index contributed by atoms with van der Waals surface area (Å²) in [4.78, 5) is 19.6. The highest BCUT2D eigenvalue weighted by atomic mass is 16.3. The molecule has 2 N–H and O–H groups in total. The van der Waals surface area contributed by atoms with E-state index < -0.39 is 0 Å². The van der Waals surface area contributed by atoms with E-state index in [2.05, 4.69) is 26.8 Å². The van der Waals surface area contributed by atoms with Crippen molar-refractivity contribution in [2.45, 2.75) is 26.9 Å². The number of nitrogens with zero attached hydrogens (tertiary/aromatic N) is 3. The Bertz CT molecular complexity index is 752.